The molecule has 0 saturated heterocycles. The van der Waals surface area contributed by atoms with Gasteiger partial charge >= 0.3 is 0 Å². The predicted octanol–water partition coefficient (Wildman–Crippen LogP) is 5.96. The Kier molecular flexibility index (Phi) is 5.49. The van der Waals surface area contributed by atoms with Crippen LogP contribution in [0.25, 0.3) is 10.9 Å². The second-order valence-corrected chi connectivity index (χ2v) is 7.66. The lowest BCUT2D eigenvalue weighted by molar-refractivity contribution is 0.102. The van der Waals surface area contributed by atoms with Crippen molar-refractivity contribution < 1.29 is 9.53 Å². The highest BCUT2D eigenvalue weighted by atomic mass is 32.2. The molecular formula is C24H20N2O2S. The molecule has 4 rings (SSSR count). The van der Waals surface area contributed by atoms with Crippen molar-refractivity contribution in [1.82, 2.24) is 4.98 Å². The molecule has 0 spiro atoms. The molecule has 1 heterocycles. The summed E-state index contributed by atoms with van der Waals surface area (Å²) in [5.74, 6) is 0.556. The lowest BCUT2D eigenvalue weighted by Crippen LogP contribution is -2.14. The van der Waals surface area contributed by atoms with E-state index in [2.05, 4.69) is 10.3 Å². The van der Waals surface area contributed by atoms with Crippen molar-refractivity contribution in [2.45, 2.75) is 16.7 Å². The molecular weight excluding hydrogens is 380 g/mol. The summed E-state index contributed by atoms with van der Waals surface area (Å²) in [7, 11) is 1.62. The van der Waals surface area contributed by atoms with E-state index in [-0.39, 0.29) is 5.91 Å². The molecule has 0 unspecified atom stereocenters. The van der Waals surface area contributed by atoms with E-state index in [4.69, 9.17) is 4.74 Å². The van der Waals surface area contributed by atoms with Crippen LogP contribution in [0.15, 0.2) is 88.7 Å². The van der Waals surface area contributed by atoms with E-state index in [9.17, 15) is 4.79 Å². The van der Waals surface area contributed by atoms with Gasteiger partial charge in [0.2, 0.25) is 0 Å². The third-order valence-electron chi connectivity index (χ3n) is 4.56. The SMILES string of the molecule is COc1ccc2nc(C)c(C(=O)Nc3ccccc3Sc3ccccc3)cc2c1. The molecule has 0 fully saturated rings. The van der Waals surface area contributed by atoms with Crippen molar-refractivity contribution in [3.05, 3.63) is 90.1 Å². The lowest BCUT2D eigenvalue weighted by atomic mass is 10.1. The maximum atomic E-state index is 13.0. The number of para-hydroxylation sites is 1. The largest absolute Gasteiger partial charge is 0.497 e. The number of carbonyl (C=O) groups excluding carboxylic acids is 1. The maximum Gasteiger partial charge on any atom is 0.257 e. The molecule has 0 aliphatic carbocycles. The number of pyridine rings is 1. The summed E-state index contributed by atoms with van der Waals surface area (Å²) in [5, 5.41) is 3.92. The number of hydrogen-bond donors (Lipinski definition) is 1. The standard InChI is InChI=1S/C24H20N2O2S/c1-16-20(15-17-14-18(28-2)12-13-21(17)25-16)24(27)26-22-10-6-7-11-23(22)29-19-8-4-3-5-9-19/h3-15H,1-2H3,(H,26,27). The van der Waals surface area contributed by atoms with Gasteiger partial charge in [-0.05, 0) is 55.5 Å². The minimum Gasteiger partial charge on any atom is -0.497 e. The van der Waals surface area contributed by atoms with Crippen molar-refractivity contribution in [3.8, 4) is 5.75 Å². The summed E-state index contributed by atoms with van der Waals surface area (Å²) in [6.07, 6.45) is 0. The summed E-state index contributed by atoms with van der Waals surface area (Å²) in [6.45, 7) is 1.85. The Hall–Kier alpha value is -3.31. The van der Waals surface area contributed by atoms with Crippen molar-refractivity contribution in [1.29, 1.82) is 0 Å². The number of nitrogens with zero attached hydrogens (tertiary/aromatic N) is 1. The van der Waals surface area contributed by atoms with Gasteiger partial charge in [-0.1, -0.05) is 42.1 Å². The molecule has 0 aliphatic rings. The number of rotatable bonds is 5. The Balaban J connectivity index is 1.64. The molecule has 3 aromatic carbocycles. The summed E-state index contributed by atoms with van der Waals surface area (Å²) < 4.78 is 5.29. The number of anilines is 1. The smallest absolute Gasteiger partial charge is 0.257 e. The third-order valence-corrected chi connectivity index (χ3v) is 5.65. The van der Waals surface area contributed by atoms with Gasteiger partial charge in [0, 0.05) is 15.2 Å². The molecule has 4 aromatic rings. The number of methoxy groups -OCH3 is 1. The number of fused-ring (bicyclic) bond motifs is 1. The first-order chi connectivity index (χ1) is 14.1. The fourth-order valence-corrected chi connectivity index (χ4v) is 3.99. The van der Waals surface area contributed by atoms with Crippen LogP contribution in [-0.4, -0.2) is 18.0 Å². The lowest BCUT2D eigenvalue weighted by Gasteiger charge is -2.12. The third kappa shape index (κ3) is 4.25. The maximum absolute atomic E-state index is 13.0. The number of amides is 1. The van der Waals surface area contributed by atoms with Crippen LogP contribution in [0.1, 0.15) is 16.1 Å². The minimum absolute atomic E-state index is 0.180. The van der Waals surface area contributed by atoms with Crippen LogP contribution in [0.3, 0.4) is 0 Å². The number of ether oxygens (including phenoxy) is 1. The van der Waals surface area contributed by atoms with E-state index in [1.165, 1.54) is 0 Å². The van der Waals surface area contributed by atoms with Gasteiger partial charge in [0.25, 0.3) is 5.91 Å². The summed E-state index contributed by atoms with van der Waals surface area (Å²) in [5.41, 5.74) is 2.84. The Morgan fingerprint density at radius 3 is 2.52 bits per heavy atom. The van der Waals surface area contributed by atoms with Crippen molar-refractivity contribution in [2.75, 3.05) is 12.4 Å². The molecule has 1 N–H and O–H groups in total. The molecule has 0 radical (unpaired) electrons. The van der Waals surface area contributed by atoms with Gasteiger partial charge in [-0.2, -0.15) is 0 Å². The monoisotopic (exact) mass is 400 g/mol. The molecule has 0 aliphatic heterocycles. The molecule has 144 valence electrons. The van der Waals surface area contributed by atoms with Crippen molar-refractivity contribution >= 4 is 34.3 Å². The van der Waals surface area contributed by atoms with Crippen molar-refractivity contribution in [3.63, 3.8) is 0 Å². The second kappa shape index (κ2) is 8.37. The average Bonchev–Trinajstić information content (AvgIpc) is 2.75. The molecule has 1 amide bonds. The molecule has 0 atom stereocenters. The Bertz CT molecular complexity index is 1180. The first-order valence-electron chi connectivity index (χ1n) is 9.23. The minimum atomic E-state index is -0.180. The Morgan fingerprint density at radius 2 is 1.72 bits per heavy atom. The van der Waals surface area contributed by atoms with E-state index in [1.807, 2.05) is 85.8 Å². The highest BCUT2D eigenvalue weighted by Gasteiger charge is 2.14. The quantitative estimate of drug-likeness (QED) is 0.449. The highest BCUT2D eigenvalue weighted by molar-refractivity contribution is 7.99. The number of nitrogens with one attached hydrogen (secondary N) is 1. The highest BCUT2D eigenvalue weighted by Crippen LogP contribution is 2.33. The molecule has 29 heavy (non-hydrogen) atoms. The fraction of sp³-hybridized carbons (Fsp3) is 0.0833. The molecule has 0 saturated carbocycles. The normalized spacial score (nSPS) is 10.7. The zero-order chi connectivity index (χ0) is 20.2. The van der Waals surface area contributed by atoms with E-state index in [1.54, 1.807) is 18.9 Å². The number of aromatic nitrogens is 1. The van der Waals surface area contributed by atoms with Crippen LogP contribution in [0.5, 0.6) is 5.75 Å². The van der Waals surface area contributed by atoms with Crippen LogP contribution >= 0.6 is 11.8 Å². The molecule has 4 nitrogen and oxygen atoms in total. The number of hydrogen-bond acceptors (Lipinski definition) is 4. The first kappa shape index (κ1) is 19.0. The number of aryl methyl sites for hydroxylation is 1. The van der Waals surface area contributed by atoms with Crippen LogP contribution in [-0.2, 0) is 0 Å². The molecule has 5 heteroatoms. The van der Waals surface area contributed by atoms with Crippen LogP contribution in [0.4, 0.5) is 5.69 Å². The fourth-order valence-electron chi connectivity index (χ4n) is 3.07. The summed E-state index contributed by atoms with van der Waals surface area (Å²) >= 11 is 1.62. The van der Waals surface area contributed by atoms with Crippen LogP contribution < -0.4 is 10.1 Å². The van der Waals surface area contributed by atoms with Gasteiger partial charge in [-0.15, -0.1) is 0 Å². The number of carbonyl (C=O) groups is 1. The van der Waals surface area contributed by atoms with Gasteiger partial charge in [-0.25, -0.2) is 0 Å². The van der Waals surface area contributed by atoms with E-state index < -0.39 is 0 Å². The summed E-state index contributed by atoms with van der Waals surface area (Å²) in [4.78, 5) is 19.7. The van der Waals surface area contributed by atoms with Gasteiger partial charge < -0.3 is 10.1 Å². The second-order valence-electron chi connectivity index (χ2n) is 6.55. The Morgan fingerprint density at radius 1 is 0.966 bits per heavy atom. The molecule has 1 aromatic heterocycles. The topological polar surface area (TPSA) is 51.2 Å². The van der Waals surface area contributed by atoms with Gasteiger partial charge in [0.05, 0.1) is 29.6 Å². The summed E-state index contributed by atoms with van der Waals surface area (Å²) in [6, 6.07) is 25.4. The number of benzene rings is 3. The van der Waals surface area contributed by atoms with Gasteiger partial charge in [-0.3, -0.25) is 9.78 Å². The van der Waals surface area contributed by atoms with Gasteiger partial charge in [0.15, 0.2) is 0 Å². The Labute approximate surface area is 173 Å². The average molecular weight is 401 g/mol. The first-order valence-corrected chi connectivity index (χ1v) is 10.0. The van der Waals surface area contributed by atoms with Crippen LogP contribution in [0.2, 0.25) is 0 Å². The van der Waals surface area contributed by atoms with E-state index >= 15 is 0 Å². The van der Waals surface area contributed by atoms with Gasteiger partial charge in [0.1, 0.15) is 5.75 Å². The zero-order valence-corrected chi connectivity index (χ0v) is 17.0. The molecule has 0 bridgehead atoms. The zero-order valence-electron chi connectivity index (χ0n) is 16.2. The predicted molar refractivity (Wildman–Crippen MR) is 118 cm³/mol. The van der Waals surface area contributed by atoms with Crippen LogP contribution in [0, 0.1) is 6.92 Å². The van der Waals surface area contributed by atoms with E-state index in [0.29, 0.717) is 11.3 Å². The van der Waals surface area contributed by atoms with Crippen molar-refractivity contribution in [2.24, 2.45) is 0 Å². The van der Waals surface area contributed by atoms with E-state index in [0.717, 1.165) is 32.1 Å².